The number of ether oxygens (including phenoxy) is 2. The molecular formula is C16H14FN3O3. The number of aromatic nitrogens is 2. The summed E-state index contributed by atoms with van der Waals surface area (Å²) in [5, 5.41) is 6.82. The SMILES string of the molecule is COc1ccc(-c2noc(Nc3ccc(F)cc3)n2)cc1OC. The number of nitrogens with one attached hydrogen (secondary N) is 1. The molecule has 6 nitrogen and oxygen atoms in total. The average Bonchev–Trinajstić information content (AvgIpc) is 3.05. The molecule has 3 aromatic rings. The van der Waals surface area contributed by atoms with Gasteiger partial charge in [0.25, 0.3) is 0 Å². The molecule has 0 spiro atoms. The standard InChI is InChI=1S/C16H14FN3O3/c1-21-13-8-3-10(9-14(13)22-2)15-19-16(23-20-15)18-12-6-4-11(17)5-7-12/h3-9H,1-2H3,(H,18,19,20). The normalized spacial score (nSPS) is 10.4. The summed E-state index contributed by atoms with van der Waals surface area (Å²) in [5.41, 5.74) is 1.37. The van der Waals surface area contributed by atoms with E-state index in [-0.39, 0.29) is 11.8 Å². The molecule has 3 rings (SSSR count). The van der Waals surface area contributed by atoms with Gasteiger partial charge in [-0.05, 0) is 42.5 Å². The fraction of sp³-hybridized carbons (Fsp3) is 0.125. The highest BCUT2D eigenvalue weighted by molar-refractivity contribution is 5.62. The summed E-state index contributed by atoms with van der Waals surface area (Å²) in [7, 11) is 3.12. The van der Waals surface area contributed by atoms with Crippen LogP contribution in [-0.4, -0.2) is 24.4 Å². The summed E-state index contributed by atoms with van der Waals surface area (Å²) < 4.78 is 28.5. The van der Waals surface area contributed by atoms with Crippen LogP contribution < -0.4 is 14.8 Å². The number of benzene rings is 2. The number of nitrogens with zero attached hydrogens (tertiary/aromatic N) is 2. The third-order valence-electron chi connectivity index (χ3n) is 3.16. The highest BCUT2D eigenvalue weighted by atomic mass is 19.1. The van der Waals surface area contributed by atoms with Gasteiger partial charge in [-0.15, -0.1) is 0 Å². The van der Waals surface area contributed by atoms with Crippen LogP contribution in [0.2, 0.25) is 0 Å². The smallest absolute Gasteiger partial charge is 0.326 e. The van der Waals surface area contributed by atoms with Gasteiger partial charge in [-0.1, -0.05) is 5.16 Å². The van der Waals surface area contributed by atoms with Crippen LogP contribution in [0.4, 0.5) is 16.1 Å². The van der Waals surface area contributed by atoms with E-state index >= 15 is 0 Å². The molecule has 1 heterocycles. The van der Waals surface area contributed by atoms with Crippen molar-refractivity contribution in [2.75, 3.05) is 19.5 Å². The number of methoxy groups -OCH3 is 2. The zero-order valence-corrected chi connectivity index (χ0v) is 12.5. The summed E-state index contributed by atoms with van der Waals surface area (Å²) in [6.45, 7) is 0. The Morgan fingerprint density at radius 1 is 1.00 bits per heavy atom. The maximum Gasteiger partial charge on any atom is 0.326 e. The lowest BCUT2D eigenvalue weighted by atomic mass is 10.2. The maximum absolute atomic E-state index is 12.9. The van der Waals surface area contributed by atoms with Crippen molar-refractivity contribution in [2.24, 2.45) is 0 Å². The fourth-order valence-electron chi connectivity index (χ4n) is 2.02. The van der Waals surface area contributed by atoms with Crippen molar-refractivity contribution in [1.82, 2.24) is 10.1 Å². The van der Waals surface area contributed by atoms with E-state index in [1.165, 1.54) is 12.1 Å². The molecular weight excluding hydrogens is 301 g/mol. The van der Waals surface area contributed by atoms with E-state index in [0.717, 1.165) is 5.56 Å². The minimum absolute atomic E-state index is 0.210. The lowest BCUT2D eigenvalue weighted by Gasteiger charge is -2.07. The second-order valence-electron chi connectivity index (χ2n) is 4.62. The molecule has 0 radical (unpaired) electrons. The van der Waals surface area contributed by atoms with E-state index < -0.39 is 0 Å². The predicted octanol–water partition coefficient (Wildman–Crippen LogP) is 3.64. The van der Waals surface area contributed by atoms with Crippen LogP contribution in [0, 0.1) is 5.82 Å². The molecule has 0 aliphatic carbocycles. The number of hydrogen-bond acceptors (Lipinski definition) is 6. The van der Waals surface area contributed by atoms with Crippen molar-refractivity contribution in [2.45, 2.75) is 0 Å². The minimum Gasteiger partial charge on any atom is -0.493 e. The van der Waals surface area contributed by atoms with Crippen molar-refractivity contribution in [3.05, 3.63) is 48.3 Å². The van der Waals surface area contributed by atoms with Crippen molar-refractivity contribution >= 4 is 11.7 Å². The number of anilines is 2. The van der Waals surface area contributed by atoms with Crippen LogP contribution in [0.25, 0.3) is 11.4 Å². The Morgan fingerprint density at radius 2 is 1.74 bits per heavy atom. The zero-order chi connectivity index (χ0) is 16.2. The molecule has 0 unspecified atom stereocenters. The Balaban J connectivity index is 1.82. The molecule has 23 heavy (non-hydrogen) atoms. The van der Waals surface area contributed by atoms with Gasteiger partial charge in [-0.25, -0.2) is 4.39 Å². The topological polar surface area (TPSA) is 69.4 Å². The van der Waals surface area contributed by atoms with Crippen molar-refractivity contribution < 1.29 is 18.4 Å². The lowest BCUT2D eigenvalue weighted by molar-refractivity contribution is 0.355. The third-order valence-corrected chi connectivity index (χ3v) is 3.16. The van der Waals surface area contributed by atoms with E-state index in [2.05, 4.69) is 15.5 Å². The highest BCUT2D eigenvalue weighted by Gasteiger charge is 2.12. The number of rotatable bonds is 5. The quantitative estimate of drug-likeness (QED) is 0.775. The van der Waals surface area contributed by atoms with E-state index in [9.17, 15) is 4.39 Å². The van der Waals surface area contributed by atoms with Crippen LogP contribution in [-0.2, 0) is 0 Å². The molecule has 118 valence electrons. The molecule has 0 atom stereocenters. The molecule has 0 bridgehead atoms. The molecule has 0 aliphatic rings. The second-order valence-corrected chi connectivity index (χ2v) is 4.62. The predicted molar refractivity (Wildman–Crippen MR) is 82.5 cm³/mol. The van der Waals surface area contributed by atoms with Crippen LogP contribution in [0.3, 0.4) is 0 Å². The molecule has 1 aromatic heterocycles. The van der Waals surface area contributed by atoms with E-state index in [0.29, 0.717) is 23.0 Å². The van der Waals surface area contributed by atoms with Gasteiger partial charge in [0.2, 0.25) is 5.82 Å². The molecule has 0 saturated carbocycles. The average molecular weight is 315 g/mol. The molecule has 7 heteroatoms. The van der Waals surface area contributed by atoms with Gasteiger partial charge >= 0.3 is 6.01 Å². The van der Waals surface area contributed by atoms with Crippen LogP contribution >= 0.6 is 0 Å². The number of halogens is 1. The Bertz CT molecular complexity index is 803. The van der Waals surface area contributed by atoms with Crippen molar-refractivity contribution in [3.8, 4) is 22.9 Å². The third kappa shape index (κ3) is 3.23. The van der Waals surface area contributed by atoms with Gasteiger partial charge in [-0.3, -0.25) is 0 Å². The van der Waals surface area contributed by atoms with Gasteiger partial charge in [0.15, 0.2) is 11.5 Å². The van der Waals surface area contributed by atoms with Crippen LogP contribution in [0.15, 0.2) is 47.0 Å². The molecule has 0 aliphatic heterocycles. The van der Waals surface area contributed by atoms with Gasteiger partial charge in [0.05, 0.1) is 14.2 Å². The first-order valence-corrected chi connectivity index (χ1v) is 6.78. The molecule has 0 amide bonds. The second kappa shape index (κ2) is 6.35. The fourth-order valence-corrected chi connectivity index (χ4v) is 2.02. The Hall–Kier alpha value is -3.09. The first-order chi connectivity index (χ1) is 11.2. The lowest BCUT2D eigenvalue weighted by Crippen LogP contribution is -1.92. The summed E-state index contributed by atoms with van der Waals surface area (Å²) >= 11 is 0. The van der Waals surface area contributed by atoms with Crippen LogP contribution in [0.5, 0.6) is 11.5 Å². The minimum atomic E-state index is -0.313. The van der Waals surface area contributed by atoms with Gasteiger partial charge in [-0.2, -0.15) is 4.98 Å². The number of hydrogen-bond donors (Lipinski definition) is 1. The van der Waals surface area contributed by atoms with Gasteiger partial charge in [0.1, 0.15) is 5.82 Å². The molecule has 2 aromatic carbocycles. The van der Waals surface area contributed by atoms with E-state index in [1.54, 1.807) is 44.6 Å². The summed E-state index contributed by atoms with van der Waals surface area (Å²) in [6.07, 6.45) is 0. The first-order valence-electron chi connectivity index (χ1n) is 6.78. The van der Waals surface area contributed by atoms with Crippen molar-refractivity contribution in [3.63, 3.8) is 0 Å². The zero-order valence-electron chi connectivity index (χ0n) is 12.5. The maximum atomic E-state index is 12.9. The van der Waals surface area contributed by atoms with Crippen molar-refractivity contribution in [1.29, 1.82) is 0 Å². The first kappa shape index (κ1) is 14.8. The van der Waals surface area contributed by atoms with E-state index in [1.807, 2.05) is 0 Å². The summed E-state index contributed by atoms with van der Waals surface area (Å²) in [4.78, 5) is 4.25. The summed E-state index contributed by atoms with van der Waals surface area (Å²) in [6, 6.07) is 11.4. The Morgan fingerprint density at radius 3 is 2.43 bits per heavy atom. The largest absolute Gasteiger partial charge is 0.493 e. The molecule has 1 N–H and O–H groups in total. The Labute approximate surface area is 131 Å². The van der Waals surface area contributed by atoms with Crippen LogP contribution in [0.1, 0.15) is 0 Å². The highest BCUT2D eigenvalue weighted by Crippen LogP contribution is 2.31. The molecule has 0 fully saturated rings. The van der Waals surface area contributed by atoms with Gasteiger partial charge < -0.3 is 19.3 Å². The summed E-state index contributed by atoms with van der Waals surface area (Å²) in [5.74, 6) is 1.27. The Kier molecular flexibility index (Phi) is 4.09. The monoisotopic (exact) mass is 315 g/mol. The molecule has 0 saturated heterocycles. The van der Waals surface area contributed by atoms with E-state index in [4.69, 9.17) is 14.0 Å². The van der Waals surface area contributed by atoms with Gasteiger partial charge in [0, 0.05) is 11.3 Å².